The van der Waals surface area contributed by atoms with E-state index in [2.05, 4.69) is 5.32 Å². The standard InChI is InChI=1S/C11H14N2O5/c14-5-8-10(15)11(16)9(12-8)6-1-3-7(4-2-6)13(17)18/h1-4,8-12,14-16H,5H2/t8-,9+,10-,11+/m1/s1. The zero-order valence-corrected chi connectivity index (χ0v) is 9.43. The Morgan fingerprint density at radius 3 is 2.28 bits per heavy atom. The molecule has 98 valence electrons. The number of non-ortho nitro benzene ring substituents is 1. The van der Waals surface area contributed by atoms with Gasteiger partial charge in [-0.3, -0.25) is 10.1 Å². The molecule has 1 aromatic rings. The topological polar surface area (TPSA) is 116 Å². The molecule has 1 aromatic carbocycles. The summed E-state index contributed by atoms with van der Waals surface area (Å²) in [6.07, 6.45) is -2.11. The van der Waals surface area contributed by atoms with E-state index in [-0.39, 0.29) is 12.3 Å². The molecule has 0 bridgehead atoms. The summed E-state index contributed by atoms with van der Waals surface area (Å²) in [6.45, 7) is -0.290. The van der Waals surface area contributed by atoms with Crippen molar-refractivity contribution in [3.05, 3.63) is 39.9 Å². The van der Waals surface area contributed by atoms with E-state index < -0.39 is 29.2 Å². The molecule has 0 spiro atoms. The third kappa shape index (κ3) is 2.21. The minimum Gasteiger partial charge on any atom is -0.395 e. The van der Waals surface area contributed by atoms with Crippen LogP contribution < -0.4 is 5.32 Å². The monoisotopic (exact) mass is 254 g/mol. The Labute approximate surface area is 103 Å². The molecule has 0 saturated carbocycles. The first kappa shape index (κ1) is 12.9. The van der Waals surface area contributed by atoms with Crippen molar-refractivity contribution in [1.82, 2.24) is 5.32 Å². The quantitative estimate of drug-likeness (QED) is 0.419. The molecular formula is C11H14N2O5. The molecule has 0 aromatic heterocycles. The van der Waals surface area contributed by atoms with Gasteiger partial charge in [-0.05, 0) is 5.56 Å². The van der Waals surface area contributed by atoms with Crippen LogP contribution in [0.15, 0.2) is 24.3 Å². The number of aliphatic hydroxyl groups excluding tert-OH is 3. The second-order valence-electron chi connectivity index (χ2n) is 4.26. The lowest BCUT2D eigenvalue weighted by Gasteiger charge is -2.15. The summed E-state index contributed by atoms with van der Waals surface area (Å²) in [5.74, 6) is 0. The molecule has 7 heteroatoms. The molecule has 1 aliphatic rings. The highest BCUT2D eigenvalue weighted by Crippen LogP contribution is 2.28. The molecule has 0 radical (unpaired) electrons. The van der Waals surface area contributed by atoms with Gasteiger partial charge >= 0.3 is 0 Å². The van der Waals surface area contributed by atoms with E-state index in [0.29, 0.717) is 5.56 Å². The van der Waals surface area contributed by atoms with Crippen LogP contribution in [0.1, 0.15) is 11.6 Å². The van der Waals surface area contributed by atoms with E-state index >= 15 is 0 Å². The van der Waals surface area contributed by atoms with Crippen LogP contribution in [0, 0.1) is 10.1 Å². The molecule has 1 heterocycles. The van der Waals surface area contributed by atoms with Crippen molar-refractivity contribution in [2.45, 2.75) is 24.3 Å². The molecule has 0 amide bonds. The lowest BCUT2D eigenvalue weighted by molar-refractivity contribution is -0.384. The van der Waals surface area contributed by atoms with Gasteiger partial charge in [-0.1, -0.05) is 12.1 Å². The Bertz CT molecular complexity index is 436. The Hall–Kier alpha value is -1.54. The normalized spacial score (nSPS) is 31.5. The number of hydrogen-bond donors (Lipinski definition) is 4. The maximum Gasteiger partial charge on any atom is 0.269 e. The first-order valence-electron chi connectivity index (χ1n) is 5.52. The van der Waals surface area contributed by atoms with Gasteiger partial charge in [-0.2, -0.15) is 0 Å². The van der Waals surface area contributed by atoms with Crippen molar-refractivity contribution in [3.8, 4) is 0 Å². The van der Waals surface area contributed by atoms with Gasteiger partial charge in [-0.25, -0.2) is 0 Å². The minimum absolute atomic E-state index is 0.0366. The summed E-state index contributed by atoms with van der Waals surface area (Å²) in [7, 11) is 0. The Kier molecular flexibility index (Phi) is 3.58. The van der Waals surface area contributed by atoms with Crippen LogP contribution in [0.25, 0.3) is 0 Å². The van der Waals surface area contributed by atoms with Crippen molar-refractivity contribution >= 4 is 5.69 Å². The van der Waals surface area contributed by atoms with Crippen molar-refractivity contribution in [1.29, 1.82) is 0 Å². The van der Waals surface area contributed by atoms with Crippen LogP contribution in [0.2, 0.25) is 0 Å². The molecule has 0 unspecified atom stereocenters. The lowest BCUT2D eigenvalue weighted by atomic mass is 10.0. The summed E-state index contributed by atoms with van der Waals surface area (Å²) >= 11 is 0. The van der Waals surface area contributed by atoms with E-state index in [9.17, 15) is 20.3 Å². The molecule has 2 rings (SSSR count). The maximum absolute atomic E-state index is 10.5. The molecule has 18 heavy (non-hydrogen) atoms. The largest absolute Gasteiger partial charge is 0.395 e. The van der Waals surface area contributed by atoms with Crippen LogP contribution in [0.5, 0.6) is 0 Å². The van der Waals surface area contributed by atoms with E-state index in [1.807, 2.05) is 0 Å². The number of benzene rings is 1. The Morgan fingerprint density at radius 1 is 1.22 bits per heavy atom. The van der Waals surface area contributed by atoms with E-state index in [1.165, 1.54) is 24.3 Å². The first-order chi connectivity index (χ1) is 8.54. The molecule has 7 nitrogen and oxygen atoms in total. The second kappa shape index (κ2) is 4.99. The van der Waals surface area contributed by atoms with Gasteiger partial charge < -0.3 is 20.6 Å². The highest BCUT2D eigenvalue weighted by atomic mass is 16.6. The SMILES string of the molecule is O=[N+]([O-])c1ccc([C@@H]2N[C@H](CO)[C@@H](O)[C@H]2O)cc1. The van der Waals surface area contributed by atoms with E-state index in [1.54, 1.807) is 0 Å². The Morgan fingerprint density at radius 2 is 1.83 bits per heavy atom. The number of nitrogens with zero attached hydrogens (tertiary/aromatic N) is 1. The fourth-order valence-electron chi connectivity index (χ4n) is 2.12. The molecule has 0 aliphatic carbocycles. The third-order valence-corrected chi connectivity index (χ3v) is 3.16. The van der Waals surface area contributed by atoms with Crippen LogP contribution >= 0.6 is 0 Å². The van der Waals surface area contributed by atoms with Gasteiger partial charge in [-0.15, -0.1) is 0 Å². The van der Waals surface area contributed by atoms with Crippen molar-refractivity contribution in [2.75, 3.05) is 6.61 Å². The smallest absolute Gasteiger partial charge is 0.269 e. The number of hydrogen-bond acceptors (Lipinski definition) is 6. The van der Waals surface area contributed by atoms with Crippen LogP contribution in [-0.4, -0.2) is 45.1 Å². The third-order valence-electron chi connectivity index (χ3n) is 3.16. The summed E-state index contributed by atoms with van der Waals surface area (Å²) < 4.78 is 0. The second-order valence-corrected chi connectivity index (χ2v) is 4.26. The highest BCUT2D eigenvalue weighted by Gasteiger charge is 2.41. The predicted octanol–water partition coefficient (Wildman–Crippen LogP) is -0.678. The molecular weight excluding hydrogens is 240 g/mol. The number of aliphatic hydroxyl groups is 3. The van der Waals surface area contributed by atoms with Crippen LogP contribution in [0.4, 0.5) is 5.69 Å². The molecule has 4 N–H and O–H groups in total. The van der Waals surface area contributed by atoms with E-state index in [4.69, 9.17) is 5.11 Å². The predicted molar refractivity (Wildman–Crippen MR) is 61.9 cm³/mol. The summed E-state index contributed by atoms with van der Waals surface area (Å²) in [4.78, 5) is 10.0. The van der Waals surface area contributed by atoms with Gasteiger partial charge in [0, 0.05) is 12.1 Å². The van der Waals surface area contributed by atoms with Gasteiger partial charge in [0.25, 0.3) is 5.69 Å². The number of rotatable bonds is 3. The minimum atomic E-state index is -1.06. The van der Waals surface area contributed by atoms with Gasteiger partial charge in [0.2, 0.25) is 0 Å². The lowest BCUT2D eigenvalue weighted by Crippen LogP contribution is -2.35. The first-order valence-corrected chi connectivity index (χ1v) is 5.52. The summed E-state index contributed by atoms with van der Waals surface area (Å²) in [5.41, 5.74) is 0.591. The fraction of sp³-hybridized carbons (Fsp3) is 0.455. The van der Waals surface area contributed by atoms with E-state index in [0.717, 1.165) is 0 Å². The number of nitrogens with one attached hydrogen (secondary N) is 1. The molecule has 1 fully saturated rings. The molecule has 1 saturated heterocycles. The average Bonchev–Trinajstić information content (AvgIpc) is 2.66. The van der Waals surface area contributed by atoms with Gasteiger partial charge in [0.15, 0.2) is 0 Å². The highest BCUT2D eigenvalue weighted by molar-refractivity contribution is 5.35. The number of nitro benzene ring substituents is 1. The zero-order chi connectivity index (χ0) is 13.3. The average molecular weight is 254 g/mol. The van der Waals surface area contributed by atoms with Crippen molar-refractivity contribution in [3.63, 3.8) is 0 Å². The van der Waals surface area contributed by atoms with Crippen molar-refractivity contribution < 1.29 is 20.2 Å². The maximum atomic E-state index is 10.5. The molecule has 4 atom stereocenters. The van der Waals surface area contributed by atoms with Crippen molar-refractivity contribution in [2.24, 2.45) is 0 Å². The van der Waals surface area contributed by atoms with Crippen LogP contribution in [-0.2, 0) is 0 Å². The summed E-state index contributed by atoms with van der Waals surface area (Å²) in [6, 6.07) is 4.57. The summed E-state index contributed by atoms with van der Waals surface area (Å²) in [5, 5.41) is 41.9. The van der Waals surface area contributed by atoms with Gasteiger partial charge in [0.1, 0.15) is 6.10 Å². The Balaban J connectivity index is 2.19. The molecule has 1 aliphatic heterocycles. The van der Waals surface area contributed by atoms with Gasteiger partial charge in [0.05, 0.1) is 29.7 Å². The number of nitro groups is 1. The zero-order valence-electron chi connectivity index (χ0n) is 9.43. The fourth-order valence-corrected chi connectivity index (χ4v) is 2.12. The van der Waals surface area contributed by atoms with Crippen LogP contribution in [0.3, 0.4) is 0 Å².